The zero-order chi connectivity index (χ0) is 13.9. The molecule has 0 aromatic heterocycles. The third-order valence-corrected chi connectivity index (χ3v) is 3.01. The quantitative estimate of drug-likeness (QED) is 0.223. The van der Waals surface area contributed by atoms with Gasteiger partial charge in [-0.25, -0.2) is 0 Å². The van der Waals surface area contributed by atoms with E-state index in [0.29, 0.717) is 13.0 Å². The lowest BCUT2D eigenvalue weighted by molar-refractivity contribution is -0.870. The number of carbonyl (C=O) groups is 1. The molecule has 0 aliphatic carbocycles. The van der Waals surface area contributed by atoms with Gasteiger partial charge in [-0.15, -0.1) is 0 Å². The number of quaternary nitrogens is 1. The van der Waals surface area contributed by atoms with E-state index in [1.165, 1.54) is 32.1 Å². The number of hydrogen-bond donors (Lipinski definition) is 0. The molecular weight excluding hydrogens is 353 g/mol. The van der Waals surface area contributed by atoms with Gasteiger partial charge < -0.3 is 33.2 Å². The van der Waals surface area contributed by atoms with Crippen LogP contribution in [0.1, 0.15) is 58.3 Å². The van der Waals surface area contributed by atoms with Crippen LogP contribution in [-0.4, -0.2) is 44.7 Å². The molecule has 3 nitrogen and oxygen atoms in total. The Morgan fingerprint density at radius 1 is 0.947 bits per heavy atom. The van der Waals surface area contributed by atoms with Crippen LogP contribution in [0.3, 0.4) is 0 Å². The molecule has 4 heteroatoms. The van der Waals surface area contributed by atoms with Crippen molar-refractivity contribution in [1.29, 1.82) is 0 Å². The number of rotatable bonds is 11. The number of hydrogen-bond acceptors (Lipinski definition) is 2. The maximum atomic E-state index is 11.4. The summed E-state index contributed by atoms with van der Waals surface area (Å²) in [6, 6.07) is 0. The molecule has 116 valence electrons. The number of unbranched alkanes of at least 4 members (excludes halogenated alkanes) is 6. The van der Waals surface area contributed by atoms with Crippen LogP contribution in [0.25, 0.3) is 0 Å². The lowest BCUT2D eigenvalue weighted by Crippen LogP contribution is -3.00. The molecule has 0 amide bonds. The Kier molecular flexibility index (Phi) is 14.9. The van der Waals surface area contributed by atoms with Crippen molar-refractivity contribution in [3.63, 3.8) is 0 Å². The van der Waals surface area contributed by atoms with Crippen molar-refractivity contribution in [1.82, 2.24) is 0 Å². The van der Waals surface area contributed by atoms with E-state index in [0.717, 1.165) is 23.9 Å². The predicted molar refractivity (Wildman–Crippen MR) is 76.5 cm³/mol. The molecule has 0 unspecified atom stereocenters. The highest BCUT2D eigenvalue weighted by Gasteiger charge is 2.08. The van der Waals surface area contributed by atoms with Gasteiger partial charge in [0.05, 0.1) is 21.1 Å². The second-order valence-electron chi connectivity index (χ2n) is 6.11. The maximum Gasteiger partial charge on any atom is 0.305 e. The van der Waals surface area contributed by atoms with E-state index in [1.807, 2.05) is 0 Å². The van der Waals surface area contributed by atoms with Crippen LogP contribution in [0.4, 0.5) is 0 Å². The summed E-state index contributed by atoms with van der Waals surface area (Å²) in [4.78, 5) is 11.4. The smallest absolute Gasteiger partial charge is 0.305 e. The van der Waals surface area contributed by atoms with Crippen molar-refractivity contribution in [2.45, 2.75) is 58.3 Å². The first kappa shape index (κ1) is 21.5. The summed E-state index contributed by atoms with van der Waals surface area (Å²) in [5.74, 6) is -0.0305. The number of halogens is 1. The molecule has 0 heterocycles. The monoisotopic (exact) mass is 385 g/mol. The van der Waals surface area contributed by atoms with Gasteiger partial charge in [-0.05, 0) is 6.42 Å². The zero-order valence-electron chi connectivity index (χ0n) is 13.2. The number of likely N-dealkylation sites (N-methyl/N-ethyl adjacent to an activating group) is 1. The summed E-state index contributed by atoms with van der Waals surface area (Å²) < 4.78 is 6.05. The summed E-state index contributed by atoms with van der Waals surface area (Å²) >= 11 is 0. The van der Waals surface area contributed by atoms with E-state index in [-0.39, 0.29) is 29.9 Å². The van der Waals surface area contributed by atoms with Crippen molar-refractivity contribution in [2.24, 2.45) is 0 Å². The molecule has 0 spiro atoms. The molecule has 0 aromatic rings. The van der Waals surface area contributed by atoms with Gasteiger partial charge in [0, 0.05) is 6.42 Å². The molecular formula is C15H32INO2. The Labute approximate surface area is 136 Å². The van der Waals surface area contributed by atoms with E-state index in [2.05, 4.69) is 28.1 Å². The maximum absolute atomic E-state index is 11.4. The van der Waals surface area contributed by atoms with Crippen molar-refractivity contribution in [3.8, 4) is 0 Å². The van der Waals surface area contributed by atoms with Crippen molar-refractivity contribution < 1.29 is 38.0 Å². The first-order valence-electron chi connectivity index (χ1n) is 7.42. The molecule has 0 N–H and O–H groups in total. The molecule has 0 bridgehead atoms. The third kappa shape index (κ3) is 18.2. The third-order valence-electron chi connectivity index (χ3n) is 3.01. The lowest BCUT2D eigenvalue weighted by atomic mass is 10.1. The molecule has 0 saturated heterocycles. The molecule has 0 aliphatic heterocycles. The Morgan fingerprint density at radius 2 is 1.47 bits per heavy atom. The Morgan fingerprint density at radius 3 is 2.00 bits per heavy atom. The number of ether oxygens (including phenoxy) is 1. The largest absolute Gasteiger partial charge is 1.00 e. The normalized spacial score (nSPS) is 10.9. The minimum atomic E-state index is -0.0305. The summed E-state index contributed by atoms with van der Waals surface area (Å²) in [6.07, 6.45) is 9.26. The molecule has 0 radical (unpaired) electrons. The fourth-order valence-electron chi connectivity index (χ4n) is 1.73. The molecule has 0 atom stereocenters. The summed E-state index contributed by atoms with van der Waals surface area (Å²) in [5.41, 5.74) is 0. The number of carbonyl (C=O) groups excluding carboxylic acids is 1. The fourth-order valence-corrected chi connectivity index (χ4v) is 1.73. The van der Waals surface area contributed by atoms with Crippen LogP contribution in [0.2, 0.25) is 0 Å². The van der Waals surface area contributed by atoms with Crippen LogP contribution < -0.4 is 24.0 Å². The fraction of sp³-hybridized carbons (Fsp3) is 0.933. The molecule has 19 heavy (non-hydrogen) atoms. The van der Waals surface area contributed by atoms with Gasteiger partial charge in [-0.2, -0.15) is 0 Å². The summed E-state index contributed by atoms with van der Waals surface area (Å²) in [5, 5.41) is 0. The molecule has 0 rings (SSSR count). The molecule has 0 aliphatic rings. The molecule has 0 aromatic carbocycles. The van der Waals surface area contributed by atoms with Gasteiger partial charge in [-0.1, -0.05) is 45.4 Å². The standard InChI is InChI=1S/C15H32NO2.HI/c1-5-6-7-8-9-10-11-12-15(17)18-14-13-16(2,3)4;/h5-14H2,1-4H3;1H/q+1;/p-1. The van der Waals surface area contributed by atoms with Gasteiger partial charge in [0.1, 0.15) is 13.2 Å². The Bertz CT molecular complexity index is 215. The Hall–Kier alpha value is 0.160. The predicted octanol–water partition coefficient (Wildman–Crippen LogP) is 0.381. The number of esters is 1. The first-order chi connectivity index (χ1) is 8.45. The highest BCUT2D eigenvalue weighted by Crippen LogP contribution is 2.08. The topological polar surface area (TPSA) is 26.3 Å². The van der Waals surface area contributed by atoms with Gasteiger partial charge in [-0.3, -0.25) is 4.79 Å². The molecule has 0 saturated carbocycles. The summed E-state index contributed by atoms with van der Waals surface area (Å²) in [6.45, 7) is 3.65. The van der Waals surface area contributed by atoms with E-state index in [1.54, 1.807) is 0 Å². The molecule has 0 fully saturated rings. The van der Waals surface area contributed by atoms with E-state index in [9.17, 15) is 4.79 Å². The average Bonchev–Trinajstić information content (AvgIpc) is 2.26. The Balaban J connectivity index is 0. The van der Waals surface area contributed by atoms with Gasteiger partial charge in [0.2, 0.25) is 0 Å². The highest BCUT2D eigenvalue weighted by molar-refractivity contribution is 5.69. The minimum Gasteiger partial charge on any atom is -1.00 e. The summed E-state index contributed by atoms with van der Waals surface area (Å²) in [7, 11) is 6.30. The highest BCUT2D eigenvalue weighted by atomic mass is 127. The van der Waals surface area contributed by atoms with E-state index >= 15 is 0 Å². The van der Waals surface area contributed by atoms with Crippen LogP contribution in [0, 0.1) is 0 Å². The number of nitrogens with zero attached hydrogens (tertiary/aromatic N) is 1. The van der Waals surface area contributed by atoms with Gasteiger partial charge in [0.15, 0.2) is 0 Å². The van der Waals surface area contributed by atoms with Gasteiger partial charge in [0.25, 0.3) is 0 Å². The lowest BCUT2D eigenvalue weighted by Gasteiger charge is -2.23. The average molecular weight is 385 g/mol. The van der Waals surface area contributed by atoms with Crippen LogP contribution in [-0.2, 0) is 9.53 Å². The van der Waals surface area contributed by atoms with Crippen LogP contribution in [0.5, 0.6) is 0 Å². The first-order valence-corrected chi connectivity index (χ1v) is 7.42. The van der Waals surface area contributed by atoms with Crippen molar-refractivity contribution in [2.75, 3.05) is 34.3 Å². The van der Waals surface area contributed by atoms with Crippen molar-refractivity contribution in [3.05, 3.63) is 0 Å². The van der Waals surface area contributed by atoms with E-state index < -0.39 is 0 Å². The van der Waals surface area contributed by atoms with E-state index in [4.69, 9.17) is 4.74 Å². The van der Waals surface area contributed by atoms with Crippen molar-refractivity contribution >= 4 is 5.97 Å². The second kappa shape index (κ2) is 13.2. The second-order valence-corrected chi connectivity index (χ2v) is 6.11. The SMILES string of the molecule is CCCCCCCCCC(=O)OCC[N+](C)(C)C.[I-]. The zero-order valence-corrected chi connectivity index (χ0v) is 15.4. The van der Waals surface area contributed by atoms with Crippen LogP contribution >= 0.6 is 0 Å². The van der Waals surface area contributed by atoms with Crippen LogP contribution in [0.15, 0.2) is 0 Å². The van der Waals surface area contributed by atoms with Gasteiger partial charge >= 0.3 is 5.97 Å². The minimum absolute atomic E-state index is 0.